The predicted molar refractivity (Wildman–Crippen MR) is 79.1 cm³/mol. The van der Waals surface area contributed by atoms with E-state index in [0.717, 1.165) is 11.3 Å². The summed E-state index contributed by atoms with van der Waals surface area (Å²) in [5.74, 6) is -0.292. The fraction of sp³-hybridized carbons (Fsp3) is 0.250. The number of carbonyl (C=O) groups is 1. The molecule has 2 aromatic rings. The fourth-order valence-corrected chi connectivity index (χ4v) is 1.98. The maximum atomic E-state index is 12.9. The summed E-state index contributed by atoms with van der Waals surface area (Å²) in [6, 6.07) is 10.9. The van der Waals surface area contributed by atoms with Crippen molar-refractivity contribution in [2.45, 2.75) is 25.9 Å². The van der Waals surface area contributed by atoms with Crippen LogP contribution < -0.4 is 10.6 Å². The van der Waals surface area contributed by atoms with Gasteiger partial charge in [-0.2, -0.15) is 0 Å². The topological polar surface area (TPSA) is 54.0 Å². The van der Waals surface area contributed by atoms with E-state index in [2.05, 4.69) is 15.6 Å². The Bertz CT molecular complexity index is 586. The van der Waals surface area contributed by atoms with Gasteiger partial charge in [0.2, 0.25) is 0 Å². The molecule has 0 saturated heterocycles. The summed E-state index contributed by atoms with van der Waals surface area (Å²) in [4.78, 5) is 16.1. The van der Waals surface area contributed by atoms with Gasteiger partial charge in [0.05, 0.1) is 17.8 Å². The Morgan fingerprint density at radius 2 is 1.71 bits per heavy atom. The van der Waals surface area contributed by atoms with Gasteiger partial charge in [-0.05, 0) is 43.7 Å². The molecule has 0 spiro atoms. The molecular weight excluding hydrogens is 269 g/mol. The molecule has 5 heteroatoms. The van der Waals surface area contributed by atoms with Crippen molar-refractivity contribution in [3.8, 4) is 0 Å². The molecule has 2 amide bonds. The lowest BCUT2D eigenvalue weighted by atomic mass is 10.1. The molecule has 2 atom stereocenters. The van der Waals surface area contributed by atoms with Gasteiger partial charge in [0, 0.05) is 6.20 Å². The van der Waals surface area contributed by atoms with Gasteiger partial charge in [-0.25, -0.2) is 9.18 Å². The first kappa shape index (κ1) is 15.0. The number of urea groups is 1. The van der Waals surface area contributed by atoms with Gasteiger partial charge in [-0.15, -0.1) is 0 Å². The standard InChI is InChI=1S/C16H18FN3O/c1-11(13-6-8-14(17)9-7-13)19-16(21)20-12(2)15-5-3-4-10-18-15/h3-12H,1-2H3,(H2,19,20,21)/t11-,12+/m0/s1. The van der Waals surface area contributed by atoms with E-state index >= 15 is 0 Å². The monoisotopic (exact) mass is 287 g/mol. The number of nitrogens with zero attached hydrogens (tertiary/aromatic N) is 1. The Balaban J connectivity index is 1.91. The first-order valence-electron chi connectivity index (χ1n) is 6.79. The Morgan fingerprint density at radius 3 is 2.33 bits per heavy atom. The lowest BCUT2D eigenvalue weighted by Gasteiger charge is -2.18. The van der Waals surface area contributed by atoms with E-state index in [4.69, 9.17) is 0 Å². The van der Waals surface area contributed by atoms with Crippen LogP contribution in [0.4, 0.5) is 9.18 Å². The molecule has 0 fully saturated rings. The summed E-state index contributed by atoms with van der Waals surface area (Å²) in [6.45, 7) is 3.71. The molecule has 4 nitrogen and oxygen atoms in total. The quantitative estimate of drug-likeness (QED) is 0.906. The maximum Gasteiger partial charge on any atom is 0.315 e. The minimum absolute atomic E-state index is 0.188. The van der Waals surface area contributed by atoms with Crippen molar-refractivity contribution in [2.75, 3.05) is 0 Å². The SMILES string of the molecule is C[C@H](NC(=O)N[C@H](C)c1ccccn1)c1ccc(F)cc1. The second-order valence-electron chi connectivity index (χ2n) is 4.87. The average Bonchev–Trinajstić information content (AvgIpc) is 2.48. The van der Waals surface area contributed by atoms with Gasteiger partial charge in [0.1, 0.15) is 5.82 Å². The van der Waals surface area contributed by atoms with Crippen molar-refractivity contribution >= 4 is 6.03 Å². The summed E-state index contributed by atoms with van der Waals surface area (Å²) in [7, 11) is 0. The number of amides is 2. The Kier molecular flexibility index (Phi) is 4.87. The second kappa shape index (κ2) is 6.83. The van der Waals surface area contributed by atoms with Crippen LogP contribution in [0.1, 0.15) is 37.2 Å². The van der Waals surface area contributed by atoms with Crippen molar-refractivity contribution in [2.24, 2.45) is 0 Å². The highest BCUT2D eigenvalue weighted by atomic mass is 19.1. The number of pyridine rings is 1. The number of benzene rings is 1. The van der Waals surface area contributed by atoms with Gasteiger partial charge >= 0.3 is 6.03 Å². The third-order valence-electron chi connectivity index (χ3n) is 3.20. The molecule has 0 saturated carbocycles. The zero-order valence-corrected chi connectivity index (χ0v) is 12.0. The lowest BCUT2D eigenvalue weighted by Crippen LogP contribution is -2.38. The molecule has 2 rings (SSSR count). The molecule has 2 N–H and O–H groups in total. The largest absolute Gasteiger partial charge is 0.332 e. The second-order valence-corrected chi connectivity index (χ2v) is 4.87. The van der Waals surface area contributed by atoms with Gasteiger partial charge in [-0.3, -0.25) is 4.98 Å². The summed E-state index contributed by atoms with van der Waals surface area (Å²) >= 11 is 0. The zero-order chi connectivity index (χ0) is 15.2. The molecule has 0 aliphatic heterocycles. The molecule has 21 heavy (non-hydrogen) atoms. The maximum absolute atomic E-state index is 12.9. The van der Waals surface area contributed by atoms with Crippen LogP contribution in [0, 0.1) is 5.82 Å². The summed E-state index contributed by atoms with van der Waals surface area (Å²) in [5.41, 5.74) is 1.64. The minimum atomic E-state index is -0.292. The number of aromatic nitrogens is 1. The number of halogens is 1. The first-order valence-corrected chi connectivity index (χ1v) is 6.79. The highest BCUT2D eigenvalue weighted by Gasteiger charge is 2.13. The van der Waals surface area contributed by atoms with Crippen LogP contribution in [-0.2, 0) is 0 Å². The van der Waals surface area contributed by atoms with E-state index in [0.29, 0.717) is 0 Å². The van der Waals surface area contributed by atoms with Gasteiger partial charge in [0.25, 0.3) is 0 Å². The molecular formula is C16H18FN3O. The highest BCUT2D eigenvalue weighted by Crippen LogP contribution is 2.13. The van der Waals surface area contributed by atoms with Gasteiger partial charge < -0.3 is 10.6 Å². The predicted octanol–water partition coefficient (Wildman–Crippen LogP) is 3.34. The molecule has 1 aromatic heterocycles. The van der Waals surface area contributed by atoms with Crippen molar-refractivity contribution in [1.82, 2.24) is 15.6 Å². The first-order chi connectivity index (χ1) is 10.1. The number of nitrogens with one attached hydrogen (secondary N) is 2. The Hall–Kier alpha value is -2.43. The number of hydrogen-bond acceptors (Lipinski definition) is 2. The fourth-order valence-electron chi connectivity index (χ4n) is 1.98. The van der Waals surface area contributed by atoms with E-state index < -0.39 is 0 Å². The minimum Gasteiger partial charge on any atom is -0.332 e. The number of hydrogen-bond donors (Lipinski definition) is 2. The molecule has 0 radical (unpaired) electrons. The van der Waals surface area contributed by atoms with Crippen LogP contribution in [0.25, 0.3) is 0 Å². The van der Waals surface area contributed by atoms with Crippen LogP contribution in [0.2, 0.25) is 0 Å². The Labute approximate surface area is 123 Å². The zero-order valence-electron chi connectivity index (χ0n) is 12.0. The molecule has 0 aliphatic carbocycles. The van der Waals surface area contributed by atoms with E-state index in [1.807, 2.05) is 32.0 Å². The average molecular weight is 287 g/mol. The van der Waals surface area contributed by atoms with Crippen LogP contribution in [0.5, 0.6) is 0 Å². The van der Waals surface area contributed by atoms with Gasteiger partial charge in [-0.1, -0.05) is 18.2 Å². The molecule has 0 aliphatic rings. The van der Waals surface area contributed by atoms with Gasteiger partial charge in [0.15, 0.2) is 0 Å². The molecule has 0 bridgehead atoms. The number of carbonyl (C=O) groups excluding carboxylic acids is 1. The smallest absolute Gasteiger partial charge is 0.315 e. The van der Waals surface area contributed by atoms with Crippen molar-refractivity contribution in [3.05, 3.63) is 65.7 Å². The van der Waals surface area contributed by atoms with E-state index in [1.54, 1.807) is 18.3 Å². The van der Waals surface area contributed by atoms with Crippen LogP contribution in [0.3, 0.4) is 0 Å². The lowest BCUT2D eigenvalue weighted by molar-refractivity contribution is 0.234. The highest BCUT2D eigenvalue weighted by molar-refractivity contribution is 5.74. The Morgan fingerprint density at radius 1 is 1.05 bits per heavy atom. The molecule has 1 heterocycles. The van der Waals surface area contributed by atoms with Crippen molar-refractivity contribution < 1.29 is 9.18 Å². The van der Waals surface area contributed by atoms with Crippen LogP contribution in [0.15, 0.2) is 48.7 Å². The third-order valence-corrected chi connectivity index (χ3v) is 3.20. The van der Waals surface area contributed by atoms with Crippen LogP contribution in [-0.4, -0.2) is 11.0 Å². The molecule has 1 aromatic carbocycles. The molecule has 110 valence electrons. The third kappa shape index (κ3) is 4.27. The summed E-state index contributed by atoms with van der Waals surface area (Å²) in [6.07, 6.45) is 1.69. The van der Waals surface area contributed by atoms with Crippen molar-refractivity contribution in [1.29, 1.82) is 0 Å². The van der Waals surface area contributed by atoms with Crippen LogP contribution >= 0.6 is 0 Å². The van der Waals surface area contributed by atoms with Crippen molar-refractivity contribution in [3.63, 3.8) is 0 Å². The normalized spacial score (nSPS) is 13.3. The number of rotatable bonds is 4. The summed E-state index contributed by atoms with van der Waals surface area (Å²) in [5, 5.41) is 5.64. The van der Waals surface area contributed by atoms with E-state index in [9.17, 15) is 9.18 Å². The summed E-state index contributed by atoms with van der Waals surface area (Å²) < 4.78 is 12.9. The van der Waals surface area contributed by atoms with E-state index in [-0.39, 0.29) is 23.9 Å². The van der Waals surface area contributed by atoms with E-state index in [1.165, 1.54) is 12.1 Å². The molecule has 0 unspecified atom stereocenters.